The van der Waals surface area contributed by atoms with Crippen molar-refractivity contribution in [1.29, 1.82) is 0 Å². The summed E-state index contributed by atoms with van der Waals surface area (Å²) >= 11 is 0. The summed E-state index contributed by atoms with van der Waals surface area (Å²) in [5.74, 6) is -2.09. The topological polar surface area (TPSA) is 161 Å². The zero-order chi connectivity index (χ0) is 29.0. The minimum atomic E-state index is -1.23. The van der Waals surface area contributed by atoms with Crippen LogP contribution in [-0.2, 0) is 40.5 Å². The Labute approximate surface area is 231 Å². The molecule has 3 N–H and O–H groups in total. The molecular formula is C28H34N2O10. The molecule has 0 saturated carbocycles. The first-order chi connectivity index (χ1) is 18.9. The average Bonchev–Trinajstić information content (AvgIpc) is 3.26. The average molecular weight is 559 g/mol. The summed E-state index contributed by atoms with van der Waals surface area (Å²) in [5, 5.41) is 23.3. The fourth-order valence-electron chi connectivity index (χ4n) is 6.68. The maximum absolute atomic E-state index is 12.8. The fraction of sp³-hybridized carbons (Fsp3) is 0.571. The number of nitrogens with one attached hydrogen (secondary N) is 1. The Bertz CT molecular complexity index is 1290. The number of carbonyl (C=O) groups excluding carboxylic acids is 3. The summed E-state index contributed by atoms with van der Waals surface area (Å²) in [6.07, 6.45) is 0.583. The van der Waals surface area contributed by atoms with Gasteiger partial charge in [-0.1, -0.05) is 6.07 Å². The van der Waals surface area contributed by atoms with Crippen LogP contribution < -0.4 is 14.8 Å². The number of benzene rings is 1. The normalized spacial score (nSPS) is 29.2. The summed E-state index contributed by atoms with van der Waals surface area (Å²) in [7, 11) is 3.56. The number of esters is 2. The van der Waals surface area contributed by atoms with Crippen LogP contribution in [0.4, 0.5) is 0 Å². The van der Waals surface area contributed by atoms with E-state index in [1.54, 1.807) is 13.2 Å². The van der Waals surface area contributed by atoms with Gasteiger partial charge in [-0.3, -0.25) is 19.2 Å². The number of likely N-dealkylation sites (tertiary alicyclic amines) is 1. The van der Waals surface area contributed by atoms with Crippen molar-refractivity contribution >= 4 is 23.8 Å². The summed E-state index contributed by atoms with van der Waals surface area (Å²) < 4.78 is 22.8. The number of carboxylic acid groups (broad SMARTS) is 1. The SMILES string of the molecule is COc1ccc2c3c1O[C@H]1C(OC(=O)CCC(=O)OC(C)C(=O)NC(C)C(=O)O)=CC[C@@]4(O)[C@@H](C2)N(C)CC[C@]314. The maximum Gasteiger partial charge on any atom is 0.325 e. The molecule has 6 atom stereocenters. The van der Waals surface area contributed by atoms with Gasteiger partial charge in [-0.05, 0) is 58.0 Å². The highest BCUT2D eigenvalue weighted by Crippen LogP contribution is 2.65. The molecule has 2 heterocycles. The van der Waals surface area contributed by atoms with Crippen molar-refractivity contribution in [3.8, 4) is 11.5 Å². The van der Waals surface area contributed by atoms with E-state index in [9.17, 15) is 24.3 Å². The Balaban J connectivity index is 1.29. The second-order valence-corrected chi connectivity index (χ2v) is 11.0. The molecule has 1 amide bonds. The van der Waals surface area contributed by atoms with Gasteiger partial charge >= 0.3 is 17.9 Å². The smallest absolute Gasteiger partial charge is 0.325 e. The lowest BCUT2D eigenvalue weighted by Gasteiger charge is -2.61. The molecule has 2 unspecified atom stereocenters. The fourth-order valence-corrected chi connectivity index (χ4v) is 6.68. The van der Waals surface area contributed by atoms with Crippen LogP contribution >= 0.6 is 0 Å². The number of amides is 1. The van der Waals surface area contributed by atoms with E-state index in [1.165, 1.54) is 13.8 Å². The number of methoxy groups -OCH3 is 1. The first-order valence-corrected chi connectivity index (χ1v) is 13.4. The molecule has 2 aliphatic carbocycles. The van der Waals surface area contributed by atoms with Gasteiger partial charge in [0, 0.05) is 18.0 Å². The number of hydrogen-bond donors (Lipinski definition) is 3. The second kappa shape index (κ2) is 10.1. The van der Waals surface area contributed by atoms with Gasteiger partial charge < -0.3 is 39.4 Å². The van der Waals surface area contributed by atoms with Crippen LogP contribution in [0.1, 0.15) is 50.7 Å². The number of rotatable bonds is 9. The molecule has 1 fully saturated rings. The minimum absolute atomic E-state index is 0.139. The second-order valence-electron chi connectivity index (χ2n) is 11.0. The monoisotopic (exact) mass is 558 g/mol. The molecule has 5 rings (SSSR count). The van der Waals surface area contributed by atoms with Crippen LogP contribution in [0.2, 0.25) is 0 Å². The van der Waals surface area contributed by atoms with Crippen molar-refractivity contribution in [2.75, 3.05) is 20.7 Å². The number of likely N-dealkylation sites (N-methyl/N-ethyl adjacent to an activating group) is 1. The number of ether oxygens (including phenoxy) is 4. The van der Waals surface area contributed by atoms with Gasteiger partial charge in [0.1, 0.15) is 11.8 Å². The largest absolute Gasteiger partial charge is 0.493 e. The van der Waals surface area contributed by atoms with Gasteiger partial charge in [-0.25, -0.2) is 0 Å². The highest BCUT2D eigenvalue weighted by molar-refractivity contribution is 5.88. The van der Waals surface area contributed by atoms with Crippen molar-refractivity contribution in [3.63, 3.8) is 0 Å². The van der Waals surface area contributed by atoms with Crippen molar-refractivity contribution in [2.24, 2.45) is 0 Å². The molecule has 2 bridgehead atoms. The van der Waals surface area contributed by atoms with E-state index in [1.807, 2.05) is 19.2 Å². The zero-order valence-corrected chi connectivity index (χ0v) is 22.9. The Morgan fingerprint density at radius 2 is 1.93 bits per heavy atom. The number of carboxylic acids is 1. The van der Waals surface area contributed by atoms with Crippen molar-refractivity contribution in [1.82, 2.24) is 10.2 Å². The third-order valence-corrected chi connectivity index (χ3v) is 8.73. The lowest BCUT2D eigenvalue weighted by Crippen LogP contribution is -2.74. The summed E-state index contributed by atoms with van der Waals surface area (Å²) in [5.41, 5.74) is 0.0362. The van der Waals surface area contributed by atoms with E-state index in [-0.39, 0.29) is 31.1 Å². The molecule has 12 nitrogen and oxygen atoms in total. The predicted octanol–water partition coefficient (Wildman–Crippen LogP) is 0.817. The lowest BCUT2D eigenvalue weighted by molar-refractivity contribution is -0.169. The molecule has 216 valence electrons. The Hall–Kier alpha value is -3.64. The van der Waals surface area contributed by atoms with E-state index >= 15 is 0 Å². The zero-order valence-electron chi connectivity index (χ0n) is 22.9. The predicted molar refractivity (Wildman–Crippen MR) is 138 cm³/mol. The number of aliphatic carboxylic acids is 1. The molecule has 40 heavy (non-hydrogen) atoms. The van der Waals surface area contributed by atoms with Crippen molar-refractivity contribution in [2.45, 2.75) is 81.3 Å². The highest BCUT2D eigenvalue weighted by atomic mass is 16.6. The minimum Gasteiger partial charge on any atom is -0.493 e. The van der Waals surface area contributed by atoms with E-state index in [2.05, 4.69) is 10.2 Å². The third-order valence-electron chi connectivity index (χ3n) is 8.73. The Morgan fingerprint density at radius 3 is 2.62 bits per heavy atom. The first-order valence-electron chi connectivity index (χ1n) is 13.4. The standard InChI is InChI=1S/C28H34N2O10/c1-14(26(34)35)29-25(33)15(2)38-20(31)7-8-21(32)39-18-9-10-28(36)19-13-16-5-6-17(37-4)23-22(16)27(28,24(18)40-23)11-12-30(19)3/h5-6,9,14-15,19,24,36H,7-8,10-13H2,1-4H3,(H,29,33)(H,34,35)/t14?,15?,19-,24+,27+,28-/m1/s1. The van der Waals surface area contributed by atoms with Crippen LogP contribution in [0.25, 0.3) is 0 Å². The van der Waals surface area contributed by atoms with E-state index in [4.69, 9.17) is 24.1 Å². The van der Waals surface area contributed by atoms with E-state index in [0.29, 0.717) is 24.3 Å². The molecule has 1 saturated heterocycles. The lowest BCUT2D eigenvalue weighted by atomic mass is 9.50. The molecule has 0 radical (unpaired) electrons. The van der Waals surface area contributed by atoms with Crippen LogP contribution in [0.5, 0.6) is 11.5 Å². The Kier molecular flexibility index (Phi) is 7.03. The van der Waals surface area contributed by atoms with Crippen molar-refractivity contribution in [3.05, 3.63) is 35.1 Å². The maximum atomic E-state index is 12.8. The van der Waals surface area contributed by atoms with Gasteiger partial charge in [-0.15, -0.1) is 0 Å². The molecule has 1 spiro atoms. The number of carbonyl (C=O) groups is 4. The van der Waals surface area contributed by atoms with Crippen LogP contribution in [0, 0.1) is 0 Å². The van der Waals surface area contributed by atoms with Gasteiger partial charge in [0.05, 0.1) is 31.0 Å². The summed E-state index contributed by atoms with van der Waals surface area (Å²) in [6.45, 7) is 3.32. The van der Waals surface area contributed by atoms with E-state index < -0.39 is 53.1 Å². The third kappa shape index (κ3) is 4.21. The van der Waals surface area contributed by atoms with Crippen LogP contribution in [-0.4, -0.2) is 89.5 Å². The van der Waals surface area contributed by atoms with Crippen LogP contribution in [0.3, 0.4) is 0 Å². The molecule has 12 heteroatoms. The molecule has 1 aromatic rings. The first kappa shape index (κ1) is 27.9. The van der Waals surface area contributed by atoms with Gasteiger partial charge in [-0.2, -0.15) is 0 Å². The summed E-state index contributed by atoms with van der Waals surface area (Å²) in [6, 6.07) is 2.58. The number of piperidine rings is 1. The van der Waals surface area contributed by atoms with Gasteiger partial charge in [0.25, 0.3) is 5.91 Å². The number of aliphatic hydroxyl groups is 1. The van der Waals surface area contributed by atoms with Crippen LogP contribution in [0.15, 0.2) is 24.0 Å². The molecule has 4 aliphatic rings. The molecule has 0 aromatic heterocycles. The molecule has 2 aliphatic heterocycles. The van der Waals surface area contributed by atoms with Gasteiger partial charge in [0.15, 0.2) is 23.7 Å². The number of nitrogens with zero attached hydrogens (tertiary/aromatic N) is 1. The molecule has 1 aromatic carbocycles. The quantitative estimate of drug-likeness (QED) is 0.368. The van der Waals surface area contributed by atoms with Gasteiger partial charge in [0.2, 0.25) is 0 Å². The number of hydrogen-bond acceptors (Lipinski definition) is 10. The molecular weight excluding hydrogens is 524 g/mol. The Morgan fingerprint density at radius 1 is 1.20 bits per heavy atom. The van der Waals surface area contributed by atoms with Crippen molar-refractivity contribution < 1.29 is 48.3 Å². The highest BCUT2D eigenvalue weighted by Gasteiger charge is 2.72. The summed E-state index contributed by atoms with van der Waals surface area (Å²) in [4.78, 5) is 50.2. The van der Waals surface area contributed by atoms with E-state index in [0.717, 1.165) is 17.7 Å².